The number of carbonyl (C=O) groups is 3. The zero-order valence-electron chi connectivity index (χ0n) is 23.3. The van der Waals surface area contributed by atoms with Gasteiger partial charge in [-0.15, -0.1) is 0 Å². The number of hydrogen-bond acceptors (Lipinski definition) is 10. The Bertz CT molecular complexity index is 1800. The smallest absolute Gasteiger partial charge is 0.350 e. The number of non-ortho nitro benzene ring substituents is 1. The van der Waals surface area contributed by atoms with E-state index in [9.17, 15) is 29.6 Å². The quantitative estimate of drug-likeness (QED) is 0.0439. The van der Waals surface area contributed by atoms with Crippen LogP contribution in [-0.2, 0) is 20.9 Å². The zero-order valence-corrected chi connectivity index (χ0v) is 24.2. The molecule has 1 aromatic heterocycles. The van der Waals surface area contributed by atoms with Crippen LogP contribution >= 0.6 is 11.3 Å². The van der Waals surface area contributed by atoms with Crippen molar-refractivity contribution in [2.75, 3.05) is 11.5 Å². The van der Waals surface area contributed by atoms with Crippen molar-refractivity contribution in [2.45, 2.75) is 19.6 Å². The Morgan fingerprint density at radius 3 is 2.52 bits per heavy atom. The number of aliphatic hydroxyl groups excluding tert-OH is 1. The predicted molar refractivity (Wildman–Crippen MR) is 162 cm³/mol. The lowest BCUT2D eigenvalue weighted by atomic mass is 9.95. The predicted octanol–water partition coefficient (Wildman–Crippen LogP) is 5.91. The summed E-state index contributed by atoms with van der Waals surface area (Å²) in [5.74, 6) is -2.71. The molecule has 0 aliphatic carbocycles. The average molecular weight is 612 g/mol. The Balaban J connectivity index is 1.56. The van der Waals surface area contributed by atoms with Crippen LogP contribution in [0.4, 0.5) is 10.8 Å². The number of aromatic nitrogens is 1. The lowest BCUT2D eigenvalue weighted by Crippen LogP contribution is -2.29. The number of aryl methyl sites for hydroxylation is 1. The van der Waals surface area contributed by atoms with Gasteiger partial charge >= 0.3 is 11.9 Å². The number of benzene rings is 3. The number of hydrogen-bond donors (Lipinski definition) is 1. The highest BCUT2D eigenvalue weighted by Crippen LogP contribution is 2.44. The van der Waals surface area contributed by atoms with Gasteiger partial charge in [-0.25, -0.2) is 9.78 Å². The van der Waals surface area contributed by atoms with Gasteiger partial charge in [-0.2, -0.15) is 0 Å². The van der Waals surface area contributed by atoms with E-state index >= 15 is 0 Å². The number of amides is 1. The molecule has 1 saturated heterocycles. The molecule has 44 heavy (non-hydrogen) atoms. The first kappa shape index (κ1) is 29.9. The molecule has 1 aliphatic heterocycles. The lowest BCUT2D eigenvalue weighted by molar-refractivity contribution is -0.384. The van der Waals surface area contributed by atoms with Gasteiger partial charge in [-0.1, -0.05) is 66.5 Å². The van der Waals surface area contributed by atoms with Gasteiger partial charge in [0.1, 0.15) is 29.6 Å². The molecule has 0 spiro atoms. The van der Waals surface area contributed by atoms with Crippen molar-refractivity contribution in [1.82, 2.24) is 4.98 Å². The van der Waals surface area contributed by atoms with E-state index in [1.807, 2.05) is 30.3 Å². The van der Waals surface area contributed by atoms with Crippen molar-refractivity contribution in [2.24, 2.45) is 0 Å². The molecule has 3 aromatic carbocycles. The van der Waals surface area contributed by atoms with Gasteiger partial charge in [0.05, 0.1) is 22.2 Å². The van der Waals surface area contributed by atoms with E-state index in [0.717, 1.165) is 21.8 Å². The molecule has 11 nitrogen and oxygen atoms in total. The Labute approximate surface area is 255 Å². The van der Waals surface area contributed by atoms with Crippen LogP contribution < -0.4 is 9.64 Å². The van der Waals surface area contributed by atoms with Crippen molar-refractivity contribution in [3.05, 3.63) is 134 Å². The number of thiazole rings is 1. The third-order valence-electron chi connectivity index (χ3n) is 6.73. The SMILES string of the molecule is C=CCOC(=O)c1sc(N2C(=O)C(=O)/C(=C(/O)c3ccc(OCc4ccccc4)cc3)C2c2cccc([N+](=O)[O-])c2)nc1C. The van der Waals surface area contributed by atoms with E-state index in [-0.39, 0.29) is 44.7 Å². The molecule has 1 atom stereocenters. The first-order valence-electron chi connectivity index (χ1n) is 13.3. The third-order valence-corrected chi connectivity index (χ3v) is 7.86. The summed E-state index contributed by atoms with van der Waals surface area (Å²) < 4.78 is 10.9. The maximum atomic E-state index is 13.5. The molecular weight excluding hydrogens is 586 g/mol. The second kappa shape index (κ2) is 12.7. The molecule has 1 aliphatic rings. The number of nitrogens with zero attached hydrogens (tertiary/aromatic N) is 3. The molecule has 0 radical (unpaired) electrons. The summed E-state index contributed by atoms with van der Waals surface area (Å²) in [7, 11) is 0. The fourth-order valence-corrected chi connectivity index (χ4v) is 5.62. The van der Waals surface area contributed by atoms with Crippen molar-refractivity contribution < 1.29 is 33.9 Å². The van der Waals surface area contributed by atoms with Crippen LogP contribution in [0.25, 0.3) is 5.76 Å². The summed E-state index contributed by atoms with van der Waals surface area (Å²) >= 11 is 0.823. The third kappa shape index (κ3) is 5.96. The number of rotatable bonds is 10. The van der Waals surface area contributed by atoms with Gasteiger partial charge in [0.2, 0.25) is 0 Å². The number of Topliss-reactive ketones (excluding diaryl/α,β-unsaturated/α-hetero) is 1. The highest BCUT2D eigenvalue weighted by molar-refractivity contribution is 7.17. The topological polar surface area (TPSA) is 149 Å². The molecule has 1 N–H and O–H groups in total. The Morgan fingerprint density at radius 1 is 1.11 bits per heavy atom. The number of aliphatic hydroxyl groups is 1. The summed E-state index contributed by atoms with van der Waals surface area (Å²) in [6, 6.07) is 20.0. The van der Waals surface area contributed by atoms with E-state index in [2.05, 4.69) is 11.6 Å². The molecule has 5 rings (SSSR count). The lowest BCUT2D eigenvalue weighted by Gasteiger charge is -2.22. The molecule has 222 valence electrons. The summed E-state index contributed by atoms with van der Waals surface area (Å²) in [5, 5.41) is 23.0. The maximum absolute atomic E-state index is 13.5. The normalized spacial score (nSPS) is 15.7. The fourth-order valence-electron chi connectivity index (χ4n) is 4.63. The standard InChI is InChI=1S/C32H25N3O8S/c1-3-16-42-31(39)29-19(2)33-32(44-29)34-26(22-10-7-11-23(17-22)35(40)41)25(28(37)30(34)38)27(36)21-12-14-24(15-13-21)43-18-20-8-5-4-6-9-20/h3-15,17,26,36H,1,16,18H2,2H3/b27-25+. The summed E-state index contributed by atoms with van der Waals surface area (Å²) in [6.07, 6.45) is 1.40. The minimum atomic E-state index is -1.29. The summed E-state index contributed by atoms with van der Waals surface area (Å²) in [4.78, 5) is 56.1. The molecular formula is C32H25N3O8S. The number of ether oxygens (including phenoxy) is 2. The Morgan fingerprint density at radius 2 is 1.84 bits per heavy atom. The van der Waals surface area contributed by atoms with Crippen molar-refractivity contribution in [3.63, 3.8) is 0 Å². The molecule has 1 unspecified atom stereocenters. The van der Waals surface area contributed by atoms with E-state index in [1.54, 1.807) is 19.1 Å². The highest BCUT2D eigenvalue weighted by Gasteiger charge is 2.48. The maximum Gasteiger partial charge on any atom is 0.350 e. The van der Waals surface area contributed by atoms with Gasteiger partial charge in [0, 0.05) is 17.7 Å². The second-order valence-electron chi connectivity index (χ2n) is 9.62. The van der Waals surface area contributed by atoms with Crippen LogP contribution in [0.3, 0.4) is 0 Å². The van der Waals surface area contributed by atoms with Crippen LogP contribution in [0.15, 0.2) is 97.1 Å². The Kier molecular flexibility index (Phi) is 8.63. The van der Waals surface area contributed by atoms with Crippen LogP contribution in [0.1, 0.15) is 38.1 Å². The first-order valence-corrected chi connectivity index (χ1v) is 14.1. The summed E-state index contributed by atoms with van der Waals surface area (Å²) in [5.41, 5.74) is 1.05. The molecule has 2 heterocycles. The van der Waals surface area contributed by atoms with Gasteiger partial charge in [0.25, 0.3) is 11.5 Å². The molecule has 0 bridgehead atoms. The van der Waals surface area contributed by atoms with Gasteiger partial charge < -0.3 is 14.6 Å². The Hall–Kier alpha value is -5.62. The van der Waals surface area contributed by atoms with E-state index < -0.39 is 34.4 Å². The van der Waals surface area contributed by atoms with Crippen molar-refractivity contribution in [1.29, 1.82) is 0 Å². The van der Waals surface area contributed by atoms with E-state index in [1.165, 1.54) is 42.5 Å². The monoisotopic (exact) mass is 611 g/mol. The van der Waals surface area contributed by atoms with E-state index in [4.69, 9.17) is 9.47 Å². The fraction of sp³-hybridized carbons (Fsp3) is 0.125. The number of carbonyl (C=O) groups excluding carboxylic acids is 3. The van der Waals surface area contributed by atoms with Crippen LogP contribution in [-0.4, -0.2) is 39.3 Å². The minimum Gasteiger partial charge on any atom is -0.507 e. The molecule has 0 saturated carbocycles. The number of anilines is 1. The number of nitro groups is 1. The zero-order chi connectivity index (χ0) is 31.4. The first-order chi connectivity index (χ1) is 21.2. The van der Waals surface area contributed by atoms with Crippen molar-refractivity contribution >= 4 is 45.6 Å². The molecule has 1 amide bonds. The molecule has 12 heteroatoms. The van der Waals surface area contributed by atoms with Gasteiger partial charge in [0.15, 0.2) is 5.13 Å². The van der Waals surface area contributed by atoms with Crippen LogP contribution in [0.5, 0.6) is 5.75 Å². The number of ketones is 1. The van der Waals surface area contributed by atoms with Crippen LogP contribution in [0.2, 0.25) is 0 Å². The number of esters is 1. The summed E-state index contributed by atoms with van der Waals surface area (Å²) in [6.45, 7) is 5.34. The average Bonchev–Trinajstić information content (AvgIpc) is 3.55. The van der Waals surface area contributed by atoms with E-state index in [0.29, 0.717) is 12.4 Å². The van der Waals surface area contributed by atoms with Gasteiger partial charge in [-0.3, -0.25) is 24.6 Å². The largest absolute Gasteiger partial charge is 0.507 e. The molecule has 1 fully saturated rings. The second-order valence-corrected chi connectivity index (χ2v) is 10.6. The van der Waals surface area contributed by atoms with Crippen molar-refractivity contribution in [3.8, 4) is 5.75 Å². The van der Waals surface area contributed by atoms with Crippen LogP contribution in [0, 0.1) is 17.0 Å². The minimum absolute atomic E-state index is 0.0182. The molecule has 4 aromatic rings. The highest BCUT2D eigenvalue weighted by atomic mass is 32.1. The van der Waals surface area contributed by atoms with Gasteiger partial charge in [-0.05, 0) is 42.3 Å². The number of nitro benzene ring substituents is 1.